The molecule has 0 aliphatic carbocycles. The summed E-state index contributed by atoms with van der Waals surface area (Å²) in [5.74, 6) is 0. The lowest BCUT2D eigenvalue weighted by Gasteiger charge is -2.01. The minimum Gasteiger partial charge on any atom is -0.384 e. The van der Waals surface area contributed by atoms with Gasteiger partial charge < -0.3 is 5.32 Å². The number of hydrogen-bond donors (Lipinski definition) is 1. The van der Waals surface area contributed by atoms with Gasteiger partial charge in [-0.25, -0.2) is 0 Å². The van der Waals surface area contributed by atoms with Crippen LogP contribution >= 0.6 is 12.4 Å². The van der Waals surface area contributed by atoms with E-state index < -0.39 is 0 Å². The van der Waals surface area contributed by atoms with E-state index in [-0.39, 0.29) is 23.0 Å². The molecule has 1 aromatic rings. The van der Waals surface area contributed by atoms with E-state index in [9.17, 15) is 10.1 Å². The van der Waals surface area contributed by atoms with Crippen molar-refractivity contribution >= 4 is 23.8 Å². The van der Waals surface area contributed by atoms with E-state index in [4.69, 9.17) is 0 Å². The highest BCUT2D eigenvalue weighted by Crippen LogP contribution is 2.29. The zero-order valence-corrected chi connectivity index (χ0v) is 8.56. The van der Waals surface area contributed by atoms with E-state index >= 15 is 0 Å². The zero-order valence-electron chi connectivity index (χ0n) is 7.74. The van der Waals surface area contributed by atoms with Gasteiger partial charge in [-0.15, -0.1) is 12.4 Å². The Hall–Kier alpha value is -1.29. The molecule has 1 aliphatic heterocycles. The quantitative estimate of drug-likeness (QED) is 0.577. The fourth-order valence-corrected chi connectivity index (χ4v) is 1.66. The number of benzene rings is 1. The van der Waals surface area contributed by atoms with Crippen molar-refractivity contribution in [3.8, 4) is 0 Å². The second kappa shape index (κ2) is 3.84. The van der Waals surface area contributed by atoms with Crippen molar-refractivity contribution in [1.82, 2.24) is 0 Å². The number of halogens is 1. The van der Waals surface area contributed by atoms with Gasteiger partial charge >= 0.3 is 0 Å². The van der Waals surface area contributed by atoms with Gasteiger partial charge in [-0.05, 0) is 25.0 Å². The first kappa shape index (κ1) is 10.8. The number of anilines is 1. The van der Waals surface area contributed by atoms with Crippen molar-refractivity contribution in [2.75, 3.05) is 11.9 Å². The van der Waals surface area contributed by atoms with E-state index in [1.54, 1.807) is 13.0 Å². The normalized spacial score (nSPS) is 12.6. The molecule has 0 saturated heterocycles. The van der Waals surface area contributed by atoms with Crippen LogP contribution in [0.15, 0.2) is 12.1 Å². The summed E-state index contributed by atoms with van der Waals surface area (Å²) in [4.78, 5) is 10.3. The van der Waals surface area contributed by atoms with Gasteiger partial charge in [0.15, 0.2) is 0 Å². The molecule has 14 heavy (non-hydrogen) atoms. The second-order valence-electron chi connectivity index (χ2n) is 3.23. The molecule has 2 rings (SSSR count). The first-order chi connectivity index (χ1) is 6.18. The van der Waals surface area contributed by atoms with Crippen LogP contribution in [0.3, 0.4) is 0 Å². The monoisotopic (exact) mass is 214 g/mol. The average molecular weight is 215 g/mol. The van der Waals surface area contributed by atoms with Gasteiger partial charge in [-0.1, -0.05) is 0 Å². The maximum atomic E-state index is 10.6. The molecule has 0 fully saturated rings. The lowest BCUT2D eigenvalue weighted by Crippen LogP contribution is -1.94. The molecule has 0 unspecified atom stereocenters. The predicted molar refractivity (Wildman–Crippen MR) is 57.3 cm³/mol. The number of nitrogens with one attached hydrogen (secondary N) is 1. The predicted octanol–water partition coefficient (Wildman–Crippen LogP) is 2.29. The van der Waals surface area contributed by atoms with Crippen LogP contribution < -0.4 is 5.32 Å². The number of aryl methyl sites for hydroxylation is 1. The molecular weight excluding hydrogens is 204 g/mol. The summed E-state index contributed by atoms with van der Waals surface area (Å²) in [7, 11) is 0. The van der Waals surface area contributed by atoms with Crippen LogP contribution in [0.2, 0.25) is 0 Å². The van der Waals surface area contributed by atoms with Crippen molar-refractivity contribution < 1.29 is 4.92 Å². The van der Waals surface area contributed by atoms with Gasteiger partial charge in [0.05, 0.1) is 4.92 Å². The minimum absolute atomic E-state index is 0. The van der Waals surface area contributed by atoms with Gasteiger partial charge in [0.25, 0.3) is 5.69 Å². The lowest BCUT2D eigenvalue weighted by molar-refractivity contribution is -0.385. The Labute approximate surface area is 87.9 Å². The van der Waals surface area contributed by atoms with Gasteiger partial charge in [0.1, 0.15) is 0 Å². The molecule has 5 heteroatoms. The fourth-order valence-electron chi connectivity index (χ4n) is 1.66. The molecular formula is C9H11ClN2O2. The Morgan fingerprint density at radius 3 is 2.86 bits per heavy atom. The molecule has 0 bridgehead atoms. The Morgan fingerprint density at radius 1 is 1.50 bits per heavy atom. The molecule has 1 aromatic carbocycles. The van der Waals surface area contributed by atoms with Crippen molar-refractivity contribution in [2.24, 2.45) is 0 Å². The number of nitro benzene ring substituents is 1. The van der Waals surface area contributed by atoms with E-state index in [2.05, 4.69) is 5.32 Å². The van der Waals surface area contributed by atoms with E-state index in [0.717, 1.165) is 24.2 Å². The average Bonchev–Trinajstić information content (AvgIpc) is 2.48. The highest BCUT2D eigenvalue weighted by atomic mass is 35.5. The Balaban J connectivity index is 0.000000980. The summed E-state index contributed by atoms with van der Waals surface area (Å²) < 4.78 is 0. The molecule has 0 aromatic heterocycles. The standard InChI is InChI=1S/C9H10N2O2.ClH/c1-6-4-7-2-3-10-8(7)5-9(6)11(12)13;/h4-5,10H,2-3H2,1H3;1H. The lowest BCUT2D eigenvalue weighted by atomic mass is 10.1. The van der Waals surface area contributed by atoms with E-state index in [1.807, 2.05) is 6.07 Å². The molecule has 1 N–H and O–H groups in total. The summed E-state index contributed by atoms with van der Waals surface area (Å²) in [6.07, 6.45) is 0.966. The van der Waals surface area contributed by atoms with Gasteiger partial charge in [-0.3, -0.25) is 10.1 Å². The van der Waals surface area contributed by atoms with Crippen molar-refractivity contribution in [2.45, 2.75) is 13.3 Å². The molecule has 76 valence electrons. The summed E-state index contributed by atoms with van der Waals surface area (Å²) >= 11 is 0. The molecule has 1 heterocycles. The maximum Gasteiger partial charge on any atom is 0.274 e. The second-order valence-corrected chi connectivity index (χ2v) is 3.23. The molecule has 0 saturated carbocycles. The minimum atomic E-state index is -0.338. The van der Waals surface area contributed by atoms with Crippen LogP contribution in [-0.2, 0) is 6.42 Å². The summed E-state index contributed by atoms with van der Waals surface area (Å²) in [6, 6.07) is 3.52. The van der Waals surface area contributed by atoms with E-state index in [1.165, 1.54) is 5.56 Å². The summed E-state index contributed by atoms with van der Waals surface area (Å²) in [6.45, 7) is 2.66. The topological polar surface area (TPSA) is 55.2 Å². The number of fused-ring (bicyclic) bond motifs is 1. The fraction of sp³-hybridized carbons (Fsp3) is 0.333. The van der Waals surface area contributed by atoms with Crippen LogP contribution in [0, 0.1) is 17.0 Å². The highest BCUT2D eigenvalue weighted by Gasteiger charge is 2.17. The molecule has 0 atom stereocenters. The van der Waals surface area contributed by atoms with Crippen LogP contribution in [0.5, 0.6) is 0 Å². The SMILES string of the molecule is Cc1cc2c(cc1[N+](=O)[O-])NCC2.Cl. The van der Waals surface area contributed by atoms with Gasteiger partial charge in [0.2, 0.25) is 0 Å². The molecule has 0 radical (unpaired) electrons. The Morgan fingerprint density at radius 2 is 2.21 bits per heavy atom. The highest BCUT2D eigenvalue weighted by molar-refractivity contribution is 5.85. The number of nitrogens with zero attached hydrogens (tertiary/aromatic N) is 1. The first-order valence-electron chi connectivity index (χ1n) is 4.20. The molecule has 1 aliphatic rings. The maximum absolute atomic E-state index is 10.6. The molecule has 0 spiro atoms. The van der Waals surface area contributed by atoms with Crippen LogP contribution in [-0.4, -0.2) is 11.5 Å². The van der Waals surface area contributed by atoms with Crippen molar-refractivity contribution in [1.29, 1.82) is 0 Å². The Bertz CT molecular complexity index is 379. The summed E-state index contributed by atoms with van der Waals surface area (Å²) in [5, 5.41) is 13.7. The smallest absolute Gasteiger partial charge is 0.274 e. The number of rotatable bonds is 1. The van der Waals surface area contributed by atoms with Crippen molar-refractivity contribution in [3.63, 3.8) is 0 Å². The number of hydrogen-bond acceptors (Lipinski definition) is 3. The summed E-state index contributed by atoms with van der Waals surface area (Å²) in [5.41, 5.74) is 3.04. The largest absolute Gasteiger partial charge is 0.384 e. The first-order valence-corrected chi connectivity index (χ1v) is 4.20. The number of nitro groups is 1. The third-order valence-corrected chi connectivity index (χ3v) is 2.33. The van der Waals surface area contributed by atoms with Crippen LogP contribution in [0.25, 0.3) is 0 Å². The van der Waals surface area contributed by atoms with Crippen LogP contribution in [0.4, 0.5) is 11.4 Å². The third kappa shape index (κ3) is 1.65. The van der Waals surface area contributed by atoms with Crippen molar-refractivity contribution in [3.05, 3.63) is 33.4 Å². The zero-order chi connectivity index (χ0) is 9.42. The van der Waals surface area contributed by atoms with E-state index in [0.29, 0.717) is 0 Å². The Kier molecular flexibility index (Phi) is 2.96. The van der Waals surface area contributed by atoms with Crippen LogP contribution in [0.1, 0.15) is 11.1 Å². The third-order valence-electron chi connectivity index (χ3n) is 2.33. The molecule has 4 nitrogen and oxygen atoms in total. The van der Waals surface area contributed by atoms with Gasteiger partial charge in [0, 0.05) is 23.9 Å². The van der Waals surface area contributed by atoms with Gasteiger partial charge in [-0.2, -0.15) is 0 Å². The molecule has 0 amide bonds.